The van der Waals surface area contributed by atoms with Gasteiger partial charge in [-0.05, 0) is 29.8 Å². The minimum Gasteiger partial charge on any atom is -0.310 e. The van der Waals surface area contributed by atoms with Crippen LogP contribution < -0.4 is 5.32 Å². The molecule has 1 N–H and O–H groups in total. The highest BCUT2D eigenvalue weighted by Crippen LogP contribution is 2.32. The van der Waals surface area contributed by atoms with E-state index in [9.17, 15) is 8.78 Å². The minimum atomic E-state index is -0.562. The Bertz CT molecular complexity index is 632. The van der Waals surface area contributed by atoms with Crippen molar-refractivity contribution in [3.63, 3.8) is 0 Å². The van der Waals surface area contributed by atoms with Gasteiger partial charge in [0.15, 0.2) is 0 Å². The first-order valence-corrected chi connectivity index (χ1v) is 8.21. The van der Waals surface area contributed by atoms with Crippen molar-refractivity contribution in [1.29, 1.82) is 0 Å². The predicted octanol–water partition coefficient (Wildman–Crippen LogP) is 5.38. The van der Waals surface area contributed by atoms with Crippen molar-refractivity contribution in [1.82, 2.24) is 5.32 Å². The molecule has 0 amide bonds. The number of rotatable bonds is 5. The van der Waals surface area contributed by atoms with Crippen LogP contribution in [0.25, 0.3) is 0 Å². The van der Waals surface area contributed by atoms with Crippen molar-refractivity contribution < 1.29 is 8.78 Å². The molecule has 1 nitrogen and oxygen atoms in total. The molecule has 21 heavy (non-hydrogen) atoms. The predicted molar refractivity (Wildman–Crippen MR) is 86.6 cm³/mol. The largest absolute Gasteiger partial charge is 0.310 e. The van der Waals surface area contributed by atoms with Gasteiger partial charge in [0.2, 0.25) is 0 Å². The van der Waals surface area contributed by atoms with E-state index in [0.717, 1.165) is 27.5 Å². The van der Waals surface area contributed by atoms with E-state index in [2.05, 4.69) is 35.1 Å². The molecule has 5 heteroatoms. The highest BCUT2D eigenvalue weighted by molar-refractivity contribution is 9.10. The van der Waals surface area contributed by atoms with Crippen LogP contribution in [0.3, 0.4) is 0 Å². The summed E-state index contributed by atoms with van der Waals surface area (Å²) < 4.78 is 27.5. The Balaban J connectivity index is 2.12. The molecule has 0 saturated heterocycles. The van der Waals surface area contributed by atoms with Crippen LogP contribution in [0.2, 0.25) is 0 Å². The maximum Gasteiger partial charge on any atom is 0.140 e. The first-order chi connectivity index (χ1) is 9.95. The Hall–Kier alpha value is -0.910. The zero-order valence-corrected chi connectivity index (χ0v) is 14.2. The second-order valence-corrected chi connectivity index (χ2v) is 6.94. The second-order valence-electron chi connectivity index (χ2n) is 4.97. The number of benzene rings is 2. The topological polar surface area (TPSA) is 12.0 Å². The van der Waals surface area contributed by atoms with Gasteiger partial charge in [-0.25, -0.2) is 8.78 Å². The average molecular weight is 372 g/mol. The van der Waals surface area contributed by atoms with Gasteiger partial charge in [0.25, 0.3) is 0 Å². The first kappa shape index (κ1) is 16.5. The van der Waals surface area contributed by atoms with Crippen molar-refractivity contribution in [2.24, 2.45) is 0 Å². The van der Waals surface area contributed by atoms with Crippen molar-refractivity contribution in [3.05, 3.63) is 58.1 Å². The zero-order chi connectivity index (χ0) is 15.4. The number of nitrogens with one attached hydrogen (secondary N) is 1. The van der Waals surface area contributed by atoms with Crippen LogP contribution in [0, 0.1) is 11.6 Å². The third-order valence-electron chi connectivity index (χ3n) is 2.85. The highest BCUT2D eigenvalue weighted by atomic mass is 79.9. The maximum atomic E-state index is 13.6. The maximum absolute atomic E-state index is 13.6. The van der Waals surface area contributed by atoms with Gasteiger partial charge in [0.05, 0.1) is 0 Å². The molecule has 2 aromatic carbocycles. The van der Waals surface area contributed by atoms with Crippen LogP contribution in [0.4, 0.5) is 8.78 Å². The minimum absolute atomic E-state index is 0.413. The van der Waals surface area contributed by atoms with Crippen molar-refractivity contribution in [2.75, 3.05) is 0 Å². The third kappa shape index (κ3) is 4.80. The van der Waals surface area contributed by atoms with Crippen LogP contribution in [0.1, 0.15) is 19.4 Å². The zero-order valence-electron chi connectivity index (χ0n) is 11.8. The van der Waals surface area contributed by atoms with E-state index in [0.29, 0.717) is 10.9 Å². The van der Waals surface area contributed by atoms with E-state index in [4.69, 9.17) is 0 Å². The molecule has 0 radical (unpaired) electrons. The molecular weight excluding hydrogens is 356 g/mol. The van der Waals surface area contributed by atoms with E-state index in [1.54, 1.807) is 0 Å². The molecule has 0 aliphatic heterocycles. The van der Waals surface area contributed by atoms with Crippen molar-refractivity contribution in [2.45, 2.75) is 36.2 Å². The Morgan fingerprint density at radius 1 is 1.14 bits per heavy atom. The Morgan fingerprint density at radius 3 is 2.52 bits per heavy atom. The third-order valence-corrected chi connectivity index (χ3v) is 4.63. The molecule has 0 aliphatic rings. The summed E-state index contributed by atoms with van der Waals surface area (Å²) in [5.41, 5.74) is 1.15. The van der Waals surface area contributed by atoms with Crippen LogP contribution in [-0.2, 0) is 6.54 Å². The van der Waals surface area contributed by atoms with Gasteiger partial charge in [0.1, 0.15) is 11.6 Å². The number of halogens is 3. The van der Waals surface area contributed by atoms with Crippen LogP contribution in [-0.4, -0.2) is 6.04 Å². The first-order valence-electron chi connectivity index (χ1n) is 6.60. The van der Waals surface area contributed by atoms with Gasteiger partial charge < -0.3 is 5.32 Å². The molecule has 0 aliphatic carbocycles. The van der Waals surface area contributed by atoms with E-state index in [1.807, 2.05) is 18.2 Å². The lowest BCUT2D eigenvalue weighted by Gasteiger charge is -2.11. The lowest BCUT2D eigenvalue weighted by molar-refractivity contribution is 0.565. The van der Waals surface area contributed by atoms with Gasteiger partial charge in [0, 0.05) is 32.9 Å². The standard InChI is InChI=1S/C16H16BrF2NS/c1-10(2)20-9-11-3-5-13(8-14(11)17)21-16-6-4-12(18)7-15(16)19/h3-8,10,20H,9H2,1-2H3. The van der Waals surface area contributed by atoms with Gasteiger partial charge >= 0.3 is 0 Å². The molecule has 2 aromatic rings. The summed E-state index contributed by atoms with van der Waals surface area (Å²) in [5, 5.41) is 3.35. The van der Waals surface area contributed by atoms with Crippen LogP contribution in [0.5, 0.6) is 0 Å². The summed E-state index contributed by atoms with van der Waals surface area (Å²) in [5.74, 6) is -1.10. The number of hydrogen-bond donors (Lipinski definition) is 1. The van der Waals surface area contributed by atoms with Crippen LogP contribution >= 0.6 is 27.7 Å². The fraction of sp³-hybridized carbons (Fsp3) is 0.250. The highest BCUT2D eigenvalue weighted by Gasteiger charge is 2.08. The van der Waals surface area contributed by atoms with Gasteiger partial charge in [-0.15, -0.1) is 0 Å². The van der Waals surface area contributed by atoms with E-state index < -0.39 is 11.6 Å². The molecule has 2 rings (SSSR count). The Morgan fingerprint density at radius 2 is 1.90 bits per heavy atom. The molecule has 112 valence electrons. The van der Waals surface area contributed by atoms with E-state index in [-0.39, 0.29) is 0 Å². The normalized spacial score (nSPS) is 11.1. The van der Waals surface area contributed by atoms with Gasteiger partial charge in [-0.2, -0.15) is 0 Å². The summed E-state index contributed by atoms with van der Waals surface area (Å²) in [6.07, 6.45) is 0. The summed E-state index contributed by atoms with van der Waals surface area (Å²) >= 11 is 4.81. The van der Waals surface area contributed by atoms with Crippen molar-refractivity contribution >= 4 is 27.7 Å². The molecular formula is C16H16BrF2NS. The number of hydrogen-bond acceptors (Lipinski definition) is 2. The Kier molecular flexibility index (Phi) is 5.79. The summed E-state index contributed by atoms with van der Waals surface area (Å²) in [6, 6.07) is 9.93. The average Bonchev–Trinajstić information content (AvgIpc) is 2.41. The molecule has 0 atom stereocenters. The van der Waals surface area contributed by atoms with Crippen LogP contribution in [0.15, 0.2) is 50.7 Å². The second kappa shape index (κ2) is 7.38. The smallest absolute Gasteiger partial charge is 0.140 e. The SMILES string of the molecule is CC(C)NCc1ccc(Sc2ccc(F)cc2F)cc1Br. The molecule has 0 bridgehead atoms. The molecule has 0 spiro atoms. The summed E-state index contributed by atoms with van der Waals surface area (Å²) in [6.45, 7) is 4.96. The fourth-order valence-corrected chi connectivity index (χ4v) is 3.26. The quantitative estimate of drug-likeness (QED) is 0.757. The Labute approximate surface area is 136 Å². The van der Waals surface area contributed by atoms with E-state index >= 15 is 0 Å². The fourth-order valence-electron chi connectivity index (χ4n) is 1.73. The summed E-state index contributed by atoms with van der Waals surface area (Å²) in [4.78, 5) is 1.32. The van der Waals surface area contributed by atoms with E-state index in [1.165, 1.54) is 23.9 Å². The molecule has 0 aromatic heterocycles. The van der Waals surface area contributed by atoms with Crippen molar-refractivity contribution in [3.8, 4) is 0 Å². The summed E-state index contributed by atoms with van der Waals surface area (Å²) in [7, 11) is 0. The molecule has 0 saturated carbocycles. The van der Waals surface area contributed by atoms with Gasteiger partial charge in [-0.1, -0.05) is 47.6 Å². The lowest BCUT2D eigenvalue weighted by atomic mass is 10.2. The monoisotopic (exact) mass is 371 g/mol. The molecule has 0 fully saturated rings. The van der Waals surface area contributed by atoms with Gasteiger partial charge in [-0.3, -0.25) is 0 Å². The lowest BCUT2D eigenvalue weighted by Crippen LogP contribution is -2.21. The molecule has 0 unspecified atom stereocenters. The molecule has 0 heterocycles.